The van der Waals surface area contributed by atoms with Gasteiger partial charge in [-0.1, -0.05) is 13.3 Å². The van der Waals surface area contributed by atoms with E-state index in [1.54, 1.807) is 0 Å². The molecule has 0 fully saturated rings. The summed E-state index contributed by atoms with van der Waals surface area (Å²) in [5.41, 5.74) is 0.181. The number of nitrogens with one attached hydrogen (secondary N) is 1. The van der Waals surface area contributed by atoms with Gasteiger partial charge in [0.1, 0.15) is 0 Å². The van der Waals surface area contributed by atoms with Crippen LogP contribution in [0.15, 0.2) is 27.6 Å². The van der Waals surface area contributed by atoms with Crippen LogP contribution in [-0.4, -0.2) is 28.0 Å². The highest BCUT2D eigenvalue weighted by Gasteiger charge is 2.18. The lowest BCUT2D eigenvalue weighted by molar-refractivity contribution is 0.0599. The van der Waals surface area contributed by atoms with Gasteiger partial charge in [0, 0.05) is 11.0 Å². The molecular weight excluding hydrogens is 334 g/mol. The number of esters is 1. The zero-order valence-corrected chi connectivity index (χ0v) is 13.2. The molecule has 0 saturated carbocycles. The number of rotatable bonds is 6. The van der Waals surface area contributed by atoms with E-state index in [1.165, 1.54) is 25.3 Å². The van der Waals surface area contributed by atoms with Crippen LogP contribution in [0.4, 0.5) is 0 Å². The molecule has 0 aromatic heterocycles. The summed E-state index contributed by atoms with van der Waals surface area (Å²) in [6.07, 6.45) is 1.66. The van der Waals surface area contributed by atoms with Gasteiger partial charge in [-0.05, 0) is 40.5 Å². The maximum Gasteiger partial charge on any atom is 0.339 e. The van der Waals surface area contributed by atoms with Crippen molar-refractivity contribution in [2.45, 2.75) is 24.7 Å². The Morgan fingerprint density at radius 3 is 2.68 bits per heavy atom. The highest BCUT2D eigenvalue weighted by atomic mass is 79.9. The van der Waals surface area contributed by atoms with Gasteiger partial charge in [-0.3, -0.25) is 0 Å². The van der Waals surface area contributed by atoms with Gasteiger partial charge >= 0.3 is 5.97 Å². The lowest BCUT2D eigenvalue weighted by Crippen LogP contribution is -2.25. The third-order valence-electron chi connectivity index (χ3n) is 2.48. The molecular formula is C12H16BrNO4S. The molecule has 1 rings (SSSR count). The Morgan fingerprint density at radius 2 is 2.11 bits per heavy atom. The minimum atomic E-state index is -3.59. The van der Waals surface area contributed by atoms with Crippen molar-refractivity contribution in [2.24, 2.45) is 0 Å². The first kappa shape index (κ1) is 16.1. The smallest absolute Gasteiger partial charge is 0.339 e. The summed E-state index contributed by atoms with van der Waals surface area (Å²) in [6, 6.07) is 4.25. The first-order chi connectivity index (χ1) is 8.92. The van der Waals surface area contributed by atoms with Crippen molar-refractivity contribution >= 4 is 31.9 Å². The number of hydrogen-bond acceptors (Lipinski definition) is 4. The number of methoxy groups -OCH3 is 1. The molecule has 0 aliphatic rings. The van der Waals surface area contributed by atoms with Crippen LogP contribution in [0.2, 0.25) is 0 Å². The molecule has 1 N–H and O–H groups in total. The van der Waals surface area contributed by atoms with Gasteiger partial charge in [0.25, 0.3) is 0 Å². The van der Waals surface area contributed by atoms with Crippen molar-refractivity contribution in [3.05, 3.63) is 28.2 Å². The van der Waals surface area contributed by atoms with Crippen LogP contribution in [0.3, 0.4) is 0 Å². The molecule has 0 heterocycles. The molecule has 0 amide bonds. The Kier molecular flexibility index (Phi) is 5.96. The second kappa shape index (κ2) is 7.02. The van der Waals surface area contributed by atoms with Crippen molar-refractivity contribution in [1.82, 2.24) is 4.72 Å². The molecule has 7 heteroatoms. The van der Waals surface area contributed by atoms with Crippen LogP contribution in [0.1, 0.15) is 30.1 Å². The Balaban J connectivity index is 3.04. The van der Waals surface area contributed by atoms with E-state index in [2.05, 4.69) is 25.4 Å². The van der Waals surface area contributed by atoms with Crippen LogP contribution >= 0.6 is 15.9 Å². The van der Waals surface area contributed by atoms with Gasteiger partial charge in [0.05, 0.1) is 17.6 Å². The SMILES string of the molecule is CCCCNS(=O)(=O)c1ccc(Br)c(C(=O)OC)c1. The second-order valence-electron chi connectivity index (χ2n) is 3.88. The Bertz CT molecular complexity index is 557. The summed E-state index contributed by atoms with van der Waals surface area (Å²) >= 11 is 3.19. The maximum absolute atomic E-state index is 12.0. The van der Waals surface area contributed by atoms with E-state index >= 15 is 0 Å². The number of ether oxygens (including phenoxy) is 1. The predicted molar refractivity (Wildman–Crippen MR) is 75.6 cm³/mol. The molecule has 0 aliphatic carbocycles. The number of carbonyl (C=O) groups is 1. The van der Waals surface area contributed by atoms with E-state index in [-0.39, 0.29) is 10.5 Å². The minimum Gasteiger partial charge on any atom is -0.465 e. The van der Waals surface area contributed by atoms with E-state index in [0.717, 1.165) is 12.8 Å². The summed E-state index contributed by atoms with van der Waals surface area (Å²) in [5.74, 6) is -0.586. The molecule has 1 aromatic carbocycles. The lowest BCUT2D eigenvalue weighted by atomic mass is 10.2. The molecule has 0 spiro atoms. The molecule has 106 valence electrons. The van der Waals surface area contributed by atoms with Gasteiger partial charge in [-0.15, -0.1) is 0 Å². The quantitative estimate of drug-likeness (QED) is 0.631. The van der Waals surface area contributed by atoms with Gasteiger partial charge in [0.15, 0.2) is 0 Å². The average Bonchev–Trinajstić information content (AvgIpc) is 2.38. The Labute approximate surface area is 121 Å². The van der Waals surface area contributed by atoms with Crippen LogP contribution in [0.5, 0.6) is 0 Å². The van der Waals surface area contributed by atoms with Crippen molar-refractivity contribution in [2.75, 3.05) is 13.7 Å². The van der Waals surface area contributed by atoms with Gasteiger partial charge in [-0.25, -0.2) is 17.9 Å². The largest absolute Gasteiger partial charge is 0.465 e. The standard InChI is InChI=1S/C12H16BrNO4S/c1-3-4-7-14-19(16,17)9-5-6-11(13)10(8-9)12(15)18-2/h5-6,8,14H,3-4,7H2,1-2H3. The number of carbonyl (C=O) groups excluding carboxylic acids is 1. The first-order valence-electron chi connectivity index (χ1n) is 5.80. The molecule has 0 aliphatic heterocycles. The van der Waals surface area contributed by atoms with Crippen LogP contribution < -0.4 is 4.72 Å². The van der Waals surface area contributed by atoms with Crippen LogP contribution in [0.25, 0.3) is 0 Å². The molecule has 0 radical (unpaired) electrons. The fourth-order valence-corrected chi connectivity index (χ4v) is 2.91. The number of unbranched alkanes of at least 4 members (excludes halogenated alkanes) is 1. The van der Waals surface area contributed by atoms with Crippen LogP contribution in [0, 0.1) is 0 Å². The number of sulfonamides is 1. The first-order valence-corrected chi connectivity index (χ1v) is 8.07. The zero-order valence-electron chi connectivity index (χ0n) is 10.8. The molecule has 0 unspecified atom stereocenters. The van der Waals surface area contributed by atoms with Crippen molar-refractivity contribution in [3.8, 4) is 0 Å². The summed E-state index contributed by atoms with van der Waals surface area (Å²) in [6.45, 7) is 2.35. The van der Waals surface area contributed by atoms with Crippen molar-refractivity contribution in [3.63, 3.8) is 0 Å². The van der Waals surface area contributed by atoms with E-state index in [4.69, 9.17) is 0 Å². The van der Waals surface area contributed by atoms with E-state index in [0.29, 0.717) is 11.0 Å². The lowest BCUT2D eigenvalue weighted by Gasteiger charge is -2.08. The fourth-order valence-electron chi connectivity index (χ4n) is 1.40. The third-order valence-corrected chi connectivity index (χ3v) is 4.63. The third kappa shape index (κ3) is 4.29. The number of benzene rings is 1. The second-order valence-corrected chi connectivity index (χ2v) is 6.51. The van der Waals surface area contributed by atoms with Gasteiger partial charge in [-0.2, -0.15) is 0 Å². The van der Waals surface area contributed by atoms with Gasteiger partial charge in [0.2, 0.25) is 10.0 Å². The monoisotopic (exact) mass is 349 g/mol. The Hall–Kier alpha value is -0.920. The molecule has 0 bridgehead atoms. The average molecular weight is 350 g/mol. The summed E-state index contributed by atoms with van der Waals surface area (Å²) in [7, 11) is -2.35. The summed E-state index contributed by atoms with van der Waals surface area (Å²) in [5, 5.41) is 0. The summed E-state index contributed by atoms with van der Waals surface area (Å²) < 4.78 is 31.6. The highest BCUT2D eigenvalue weighted by molar-refractivity contribution is 9.10. The number of hydrogen-bond donors (Lipinski definition) is 1. The molecule has 5 nitrogen and oxygen atoms in total. The molecule has 19 heavy (non-hydrogen) atoms. The summed E-state index contributed by atoms with van der Waals surface area (Å²) in [4.78, 5) is 11.6. The Morgan fingerprint density at radius 1 is 1.42 bits per heavy atom. The molecule has 1 aromatic rings. The van der Waals surface area contributed by atoms with Crippen molar-refractivity contribution in [1.29, 1.82) is 0 Å². The maximum atomic E-state index is 12.0. The predicted octanol–water partition coefficient (Wildman–Crippen LogP) is 2.31. The van der Waals surface area contributed by atoms with E-state index in [1.807, 2.05) is 6.92 Å². The van der Waals surface area contributed by atoms with Crippen LogP contribution in [-0.2, 0) is 14.8 Å². The van der Waals surface area contributed by atoms with E-state index in [9.17, 15) is 13.2 Å². The topological polar surface area (TPSA) is 72.5 Å². The normalized spacial score (nSPS) is 11.3. The zero-order chi connectivity index (χ0) is 14.5. The molecule has 0 atom stereocenters. The highest BCUT2D eigenvalue weighted by Crippen LogP contribution is 2.21. The van der Waals surface area contributed by atoms with E-state index < -0.39 is 16.0 Å². The molecule has 0 saturated heterocycles. The van der Waals surface area contributed by atoms with Crippen molar-refractivity contribution < 1.29 is 17.9 Å². The fraction of sp³-hybridized carbons (Fsp3) is 0.417. The van der Waals surface area contributed by atoms with Gasteiger partial charge < -0.3 is 4.74 Å². The minimum absolute atomic E-state index is 0.0483. The number of halogens is 1.